The molecule has 22 heavy (non-hydrogen) atoms. The first-order valence-electron chi connectivity index (χ1n) is 6.49. The summed E-state index contributed by atoms with van der Waals surface area (Å²) < 4.78 is 26.1. The molecule has 0 saturated heterocycles. The smallest absolute Gasteiger partial charge is 0.243 e. The van der Waals surface area contributed by atoms with E-state index in [2.05, 4.69) is 5.32 Å². The van der Waals surface area contributed by atoms with Gasteiger partial charge in [0.15, 0.2) is 0 Å². The number of hydroxylamine groups is 1. The fourth-order valence-corrected chi connectivity index (χ4v) is 3.45. The number of aliphatic hydroxyl groups excluding tert-OH is 1. The lowest BCUT2D eigenvalue weighted by Gasteiger charge is -2.18. The first-order chi connectivity index (χ1) is 10.3. The zero-order valence-electron chi connectivity index (χ0n) is 11.9. The van der Waals surface area contributed by atoms with Crippen LogP contribution in [-0.2, 0) is 14.8 Å². The van der Waals surface area contributed by atoms with Gasteiger partial charge < -0.3 is 15.6 Å². The third-order valence-corrected chi connectivity index (χ3v) is 5.03. The van der Waals surface area contributed by atoms with Crippen LogP contribution in [0.4, 0.5) is 5.69 Å². The largest absolute Gasteiger partial charge is 0.372 e. The molecular weight excluding hydrogens is 310 g/mol. The third-order valence-electron chi connectivity index (χ3n) is 3.20. The molecule has 4 N–H and O–H groups in total. The lowest BCUT2D eigenvalue weighted by atomic mass is 10.2. The van der Waals surface area contributed by atoms with Crippen molar-refractivity contribution in [2.45, 2.75) is 18.0 Å². The molecule has 2 rings (SSSR count). The lowest BCUT2D eigenvalue weighted by Crippen LogP contribution is -2.33. The standard InChI is InChI=1S/C13H17N3O5S/c1-9(17)14-11-2-4-12(5-3-11)22(20,21)16-7-6-10(8-16)13(18)15-19/h2-6,13,15,18-19H,7-8H2,1H3,(H,14,17). The Morgan fingerprint density at radius 3 is 2.50 bits per heavy atom. The second-order valence-corrected chi connectivity index (χ2v) is 6.75. The number of anilines is 1. The second kappa shape index (κ2) is 6.55. The van der Waals surface area contributed by atoms with Crippen LogP contribution in [0.5, 0.6) is 0 Å². The molecule has 0 aromatic heterocycles. The Hall–Kier alpha value is -1.78. The van der Waals surface area contributed by atoms with Crippen LogP contribution in [0.2, 0.25) is 0 Å². The van der Waals surface area contributed by atoms with Crippen molar-refractivity contribution in [2.24, 2.45) is 0 Å². The number of nitrogens with zero attached hydrogens (tertiary/aromatic N) is 1. The Morgan fingerprint density at radius 2 is 1.95 bits per heavy atom. The van der Waals surface area contributed by atoms with Crippen LogP contribution in [0.15, 0.2) is 40.8 Å². The highest BCUT2D eigenvalue weighted by Crippen LogP contribution is 2.23. The Balaban J connectivity index is 2.13. The van der Waals surface area contributed by atoms with E-state index in [1.807, 2.05) is 0 Å². The van der Waals surface area contributed by atoms with E-state index >= 15 is 0 Å². The summed E-state index contributed by atoms with van der Waals surface area (Å²) in [6.07, 6.45) is 0.249. The van der Waals surface area contributed by atoms with E-state index < -0.39 is 16.3 Å². The minimum Gasteiger partial charge on any atom is -0.372 e. The topological polar surface area (TPSA) is 119 Å². The normalized spacial score (nSPS) is 17.1. The first kappa shape index (κ1) is 16.6. The monoisotopic (exact) mass is 327 g/mol. The molecule has 1 aromatic carbocycles. The van der Waals surface area contributed by atoms with Crippen LogP contribution in [0.3, 0.4) is 0 Å². The van der Waals surface area contributed by atoms with Crippen molar-refractivity contribution in [3.63, 3.8) is 0 Å². The summed E-state index contributed by atoms with van der Waals surface area (Å²) in [4.78, 5) is 11.0. The number of rotatable bonds is 5. The van der Waals surface area contributed by atoms with Crippen molar-refractivity contribution >= 4 is 21.6 Å². The number of hydrogen-bond donors (Lipinski definition) is 4. The predicted octanol–water partition coefficient (Wildman–Crippen LogP) is -0.127. The maximum Gasteiger partial charge on any atom is 0.243 e. The van der Waals surface area contributed by atoms with Gasteiger partial charge in [0.2, 0.25) is 15.9 Å². The summed E-state index contributed by atoms with van der Waals surface area (Å²) in [6, 6.07) is 5.81. The van der Waals surface area contributed by atoms with Crippen LogP contribution in [-0.4, -0.2) is 48.3 Å². The molecule has 0 aliphatic carbocycles. The highest BCUT2D eigenvalue weighted by Gasteiger charge is 2.30. The molecule has 1 amide bonds. The molecule has 0 fully saturated rings. The van der Waals surface area contributed by atoms with Crippen LogP contribution in [0.1, 0.15) is 6.92 Å². The summed E-state index contributed by atoms with van der Waals surface area (Å²) in [5.41, 5.74) is 2.55. The number of aliphatic hydroxyl groups is 1. The molecule has 0 saturated carbocycles. The van der Waals surface area contributed by atoms with Crippen LogP contribution < -0.4 is 10.8 Å². The molecular formula is C13H17N3O5S. The van der Waals surface area contributed by atoms with Gasteiger partial charge in [0.1, 0.15) is 6.23 Å². The number of sulfonamides is 1. The van der Waals surface area contributed by atoms with E-state index in [0.29, 0.717) is 11.3 Å². The predicted molar refractivity (Wildman–Crippen MR) is 78.5 cm³/mol. The quantitative estimate of drug-likeness (QED) is 0.340. The minimum atomic E-state index is -3.71. The zero-order valence-corrected chi connectivity index (χ0v) is 12.7. The first-order valence-corrected chi connectivity index (χ1v) is 7.93. The molecule has 9 heteroatoms. The van der Waals surface area contributed by atoms with Gasteiger partial charge in [-0.1, -0.05) is 6.08 Å². The van der Waals surface area contributed by atoms with Crippen LogP contribution >= 0.6 is 0 Å². The second-order valence-electron chi connectivity index (χ2n) is 4.81. The fourth-order valence-electron chi connectivity index (χ4n) is 2.08. The Kier molecular flexibility index (Phi) is 4.94. The molecule has 120 valence electrons. The summed E-state index contributed by atoms with van der Waals surface area (Å²) in [5.74, 6) is -0.241. The maximum atomic E-state index is 12.5. The van der Waals surface area contributed by atoms with E-state index in [1.54, 1.807) is 5.48 Å². The number of amides is 1. The molecule has 0 radical (unpaired) electrons. The van der Waals surface area contributed by atoms with Crippen molar-refractivity contribution < 1.29 is 23.5 Å². The van der Waals surface area contributed by atoms with Gasteiger partial charge in [-0.05, 0) is 29.8 Å². The molecule has 8 nitrogen and oxygen atoms in total. The minimum absolute atomic E-state index is 0.00942. The van der Waals surface area contributed by atoms with Crippen molar-refractivity contribution in [3.8, 4) is 0 Å². The molecule has 1 unspecified atom stereocenters. The highest BCUT2D eigenvalue weighted by atomic mass is 32.2. The van der Waals surface area contributed by atoms with Crippen molar-refractivity contribution in [1.82, 2.24) is 9.79 Å². The molecule has 1 aromatic rings. The van der Waals surface area contributed by atoms with Crippen LogP contribution in [0, 0.1) is 0 Å². The van der Waals surface area contributed by atoms with Crippen molar-refractivity contribution in [3.05, 3.63) is 35.9 Å². The van der Waals surface area contributed by atoms with Gasteiger partial charge in [-0.2, -0.15) is 9.79 Å². The van der Waals surface area contributed by atoms with Gasteiger partial charge in [0, 0.05) is 25.7 Å². The van der Waals surface area contributed by atoms with Gasteiger partial charge in [0.05, 0.1) is 4.90 Å². The average Bonchev–Trinajstić information content (AvgIpc) is 2.97. The SMILES string of the molecule is CC(=O)Nc1ccc(S(=O)(=O)N2CC=C(C(O)NO)C2)cc1. The molecule has 1 aliphatic rings. The Labute approximate surface area is 128 Å². The average molecular weight is 327 g/mol. The summed E-state index contributed by atoms with van der Waals surface area (Å²) in [5, 5.41) is 20.7. The van der Waals surface area contributed by atoms with Crippen LogP contribution in [0.25, 0.3) is 0 Å². The van der Waals surface area contributed by atoms with E-state index in [4.69, 9.17) is 5.21 Å². The molecule has 0 spiro atoms. The van der Waals surface area contributed by atoms with Gasteiger partial charge in [-0.25, -0.2) is 8.42 Å². The third kappa shape index (κ3) is 3.51. The van der Waals surface area contributed by atoms with Gasteiger partial charge in [-0.15, -0.1) is 0 Å². The summed E-state index contributed by atoms with van der Waals surface area (Å²) in [7, 11) is -3.71. The lowest BCUT2D eigenvalue weighted by molar-refractivity contribution is -0.114. The summed E-state index contributed by atoms with van der Waals surface area (Å²) >= 11 is 0. The number of nitrogens with one attached hydrogen (secondary N) is 2. The van der Waals surface area contributed by atoms with Gasteiger partial charge >= 0.3 is 0 Å². The van der Waals surface area contributed by atoms with E-state index in [9.17, 15) is 18.3 Å². The maximum absolute atomic E-state index is 12.5. The van der Waals surface area contributed by atoms with Gasteiger partial charge in [0.25, 0.3) is 0 Å². The molecule has 0 bridgehead atoms. The van der Waals surface area contributed by atoms with Gasteiger partial charge in [-0.3, -0.25) is 4.79 Å². The molecule has 1 aliphatic heterocycles. The van der Waals surface area contributed by atoms with E-state index in [-0.39, 0.29) is 23.9 Å². The molecule has 1 heterocycles. The Morgan fingerprint density at radius 1 is 1.32 bits per heavy atom. The fraction of sp³-hybridized carbons (Fsp3) is 0.308. The number of carbonyl (C=O) groups excluding carboxylic acids is 1. The number of hydrogen-bond acceptors (Lipinski definition) is 6. The van der Waals surface area contributed by atoms with Crippen molar-refractivity contribution in [1.29, 1.82) is 0 Å². The summed E-state index contributed by atoms with van der Waals surface area (Å²) in [6.45, 7) is 1.47. The molecule has 1 atom stereocenters. The highest BCUT2D eigenvalue weighted by molar-refractivity contribution is 7.89. The number of carbonyl (C=O) groups is 1. The zero-order chi connectivity index (χ0) is 16.3. The number of benzene rings is 1. The van der Waals surface area contributed by atoms with E-state index in [1.165, 1.54) is 41.6 Å². The van der Waals surface area contributed by atoms with Crippen molar-refractivity contribution in [2.75, 3.05) is 18.4 Å². The van der Waals surface area contributed by atoms with E-state index in [0.717, 1.165) is 0 Å². The Bertz CT molecular complexity index is 684.